The van der Waals surface area contributed by atoms with Crippen LogP contribution in [0.25, 0.3) is 11.4 Å². The second-order valence-electron chi connectivity index (χ2n) is 6.56. The standard InChI is InChI=1S/C21H23N5/c1-3-7-18(8-4-1)21-24-19(23-16-17-9-11-22-12-10-17)15-20(25-21)26-13-5-2-6-14-26/h1,3-4,7-12,15H,2,5-6,13-14,16H2,(H,23,24,25). The van der Waals surface area contributed by atoms with Gasteiger partial charge in [0.1, 0.15) is 11.6 Å². The van der Waals surface area contributed by atoms with Crippen LogP contribution >= 0.6 is 0 Å². The Bertz CT molecular complexity index is 830. The molecule has 0 spiro atoms. The summed E-state index contributed by atoms with van der Waals surface area (Å²) in [7, 11) is 0. The molecule has 26 heavy (non-hydrogen) atoms. The highest BCUT2D eigenvalue weighted by Crippen LogP contribution is 2.25. The van der Waals surface area contributed by atoms with Crippen molar-refractivity contribution < 1.29 is 0 Å². The van der Waals surface area contributed by atoms with E-state index >= 15 is 0 Å². The molecule has 1 fully saturated rings. The van der Waals surface area contributed by atoms with Gasteiger partial charge < -0.3 is 10.2 Å². The number of anilines is 2. The van der Waals surface area contributed by atoms with E-state index < -0.39 is 0 Å². The number of piperidine rings is 1. The molecule has 3 heterocycles. The van der Waals surface area contributed by atoms with Crippen molar-refractivity contribution in [3.8, 4) is 11.4 Å². The molecule has 0 bridgehead atoms. The molecule has 0 saturated carbocycles. The zero-order valence-electron chi connectivity index (χ0n) is 14.8. The van der Waals surface area contributed by atoms with Crippen molar-refractivity contribution in [1.29, 1.82) is 0 Å². The molecule has 132 valence electrons. The minimum Gasteiger partial charge on any atom is -0.366 e. The van der Waals surface area contributed by atoms with Gasteiger partial charge in [0.05, 0.1) is 0 Å². The zero-order valence-corrected chi connectivity index (χ0v) is 14.8. The third-order valence-corrected chi connectivity index (χ3v) is 4.65. The van der Waals surface area contributed by atoms with Crippen LogP contribution in [0.1, 0.15) is 24.8 Å². The highest BCUT2D eigenvalue weighted by molar-refractivity contribution is 5.61. The van der Waals surface area contributed by atoms with Crippen molar-refractivity contribution >= 4 is 11.6 Å². The third kappa shape index (κ3) is 3.99. The number of nitrogens with zero attached hydrogens (tertiary/aromatic N) is 4. The summed E-state index contributed by atoms with van der Waals surface area (Å²) in [5.41, 5.74) is 2.22. The topological polar surface area (TPSA) is 53.9 Å². The third-order valence-electron chi connectivity index (χ3n) is 4.65. The van der Waals surface area contributed by atoms with Crippen LogP contribution < -0.4 is 10.2 Å². The van der Waals surface area contributed by atoms with Crippen LogP contribution in [0, 0.1) is 0 Å². The van der Waals surface area contributed by atoms with Gasteiger partial charge in [0.25, 0.3) is 0 Å². The number of hydrogen-bond acceptors (Lipinski definition) is 5. The summed E-state index contributed by atoms with van der Waals surface area (Å²) in [6, 6.07) is 16.3. The number of aromatic nitrogens is 3. The minimum absolute atomic E-state index is 0.715. The lowest BCUT2D eigenvalue weighted by atomic mass is 10.1. The number of pyridine rings is 1. The van der Waals surface area contributed by atoms with Crippen molar-refractivity contribution in [2.45, 2.75) is 25.8 Å². The van der Waals surface area contributed by atoms with Gasteiger partial charge in [-0.05, 0) is 37.0 Å². The van der Waals surface area contributed by atoms with Crippen LogP contribution in [0.5, 0.6) is 0 Å². The normalized spacial score (nSPS) is 14.2. The summed E-state index contributed by atoms with van der Waals surface area (Å²) in [4.78, 5) is 16.0. The van der Waals surface area contributed by atoms with Crippen molar-refractivity contribution in [2.24, 2.45) is 0 Å². The number of rotatable bonds is 5. The van der Waals surface area contributed by atoms with E-state index in [2.05, 4.69) is 33.4 Å². The largest absolute Gasteiger partial charge is 0.366 e. The van der Waals surface area contributed by atoms with E-state index in [4.69, 9.17) is 9.97 Å². The molecule has 0 amide bonds. The average Bonchev–Trinajstić information content (AvgIpc) is 2.74. The van der Waals surface area contributed by atoms with E-state index in [1.165, 1.54) is 24.8 Å². The predicted molar refractivity (Wildman–Crippen MR) is 105 cm³/mol. The Kier molecular flexibility index (Phi) is 5.05. The molecule has 5 nitrogen and oxygen atoms in total. The molecule has 2 aromatic heterocycles. The van der Waals surface area contributed by atoms with Crippen molar-refractivity contribution in [2.75, 3.05) is 23.3 Å². The summed E-state index contributed by atoms with van der Waals surface area (Å²) >= 11 is 0. The fourth-order valence-corrected chi connectivity index (χ4v) is 3.22. The lowest BCUT2D eigenvalue weighted by Crippen LogP contribution is -2.30. The Morgan fingerprint density at radius 3 is 2.42 bits per heavy atom. The van der Waals surface area contributed by atoms with Gasteiger partial charge in [-0.25, -0.2) is 9.97 Å². The molecule has 4 rings (SSSR count). The first kappa shape index (κ1) is 16.5. The predicted octanol–water partition coefficient (Wildman–Crippen LogP) is 4.14. The lowest BCUT2D eigenvalue weighted by Gasteiger charge is -2.28. The van der Waals surface area contributed by atoms with Gasteiger partial charge in [-0.1, -0.05) is 30.3 Å². The Morgan fingerprint density at radius 1 is 0.885 bits per heavy atom. The maximum absolute atomic E-state index is 4.85. The van der Waals surface area contributed by atoms with Gasteiger partial charge in [0, 0.05) is 43.7 Å². The maximum Gasteiger partial charge on any atom is 0.163 e. The van der Waals surface area contributed by atoms with Crippen LogP contribution in [0.4, 0.5) is 11.6 Å². The number of nitrogens with one attached hydrogen (secondary N) is 1. The van der Waals surface area contributed by atoms with Crippen LogP contribution in [0.3, 0.4) is 0 Å². The van der Waals surface area contributed by atoms with Gasteiger partial charge in [0.15, 0.2) is 5.82 Å². The molecule has 5 heteroatoms. The van der Waals surface area contributed by atoms with E-state index in [0.29, 0.717) is 6.54 Å². The minimum atomic E-state index is 0.715. The van der Waals surface area contributed by atoms with E-state index in [1.54, 1.807) is 0 Å². The summed E-state index contributed by atoms with van der Waals surface area (Å²) in [5, 5.41) is 3.45. The molecular formula is C21H23N5. The Balaban J connectivity index is 1.63. The lowest BCUT2D eigenvalue weighted by molar-refractivity contribution is 0.573. The summed E-state index contributed by atoms with van der Waals surface area (Å²) in [6.07, 6.45) is 7.38. The van der Waals surface area contributed by atoms with Gasteiger partial charge in [-0.3, -0.25) is 4.98 Å². The molecule has 0 radical (unpaired) electrons. The van der Waals surface area contributed by atoms with E-state index in [9.17, 15) is 0 Å². The smallest absolute Gasteiger partial charge is 0.163 e. The van der Waals surface area contributed by atoms with Crippen LogP contribution in [0.15, 0.2) is 60.9 Å². The summed E-state index contributed by atoms with van der Waals surface area (Å²) in [6.45, 7) is 2.84. The van der Waals surface area contributed by atoms with Crippen LogP contribution in [0.2, 0.25) is 0 Å². The second kappa shape index (κ2) is 7.95. The molecule has 1 aromatic carbocycles. The maximum atomic E-state index is 4.85. The monoisotopic (exact) mass is 345 g/mol. The molecule has 3 aromatic rings. The first-order chi connectivity index (χ1) is 12.9. The van der Waals surface area contributed by atoms with Gasteiger partial charge in [-0.2, -0.15) is 0 Å². The van der Waals surface area contributed by atoms with Gasteiger partial charge in [-0.15, -0.1) is 0 Å². The number of benzene rings is 1. The van der Waals surface area contributed by atoms with E-state index in [-0.39, 0.29) is 0 Å². The second-order valence-corrected chi connectivity index (χ2v) is 6.56. The molecule has 1 N–H and O–H groups in total. The van der Waals surface area contributed by atoms with Crippen LogP contribution in [-0.4, -0.2) is 28.0 Å². The number of hydrogen-bond donors (Lipinski definition) is 1. The molecule has 0 atom stereocenters. The first-order valence-electron chi connectivity index (χ1n) is 9.21. The molecule has 1 aliphatic rings. The van der Waals surface area contributed by atoms with Crippen molar-refractivity contribution in [3.05, 3.63) is 66.5 Å². The Morgan fingerprint density at radius 2 is 1.65 bits per heavy atom. The van der Waals surface area contributed by atoms with Crippen LogP contribution in [-0.2, 0) is 6.54 Å². The Hall–Kier alpha value is -2.95. The van der Waals surface area contributed by atoms with Gasteiger partial charge >= 0.3 is 0 Å². The van der Waals surface area contributed by atoms with E-state index in [1.807, 2.05) is 42.7 Å². The molecule has 0 unspecified atom stereocenters. The van der Waals surface area contributed by atoms with Gasteiger partial charge in [0.2, 0.25) is 0 Å². The first-order valence-corrected chi connectivity index (χ1v) is 9.21. The SMILES string of the molecule is c1ccc(-c2nc(NCc3ccncc3)cc(N3CCCCC3)n2)cc1. The molecule has 1 saturated heterocycles. The molecule has 1 aliphatic heterocycles. The quantitative estimate of drug-likeness (QED) is 0.753. The zero-order chi connectivity index (χ0) is 17.6. The average molecular weight is 345 g/mol. The molecule has 0 aliphatic carbocycles. The Labute approximate surface area is 154 Å². The highest BCUT2D eigenvalue weighted by Gasteiger charge is 2.15. The molecular weight excluding hydrogens is 322 g/mol. The highest BCUT2D eigenvalue weighted by atomic mass is 15.2. The fraction of sp³-hybridized carbons (Fsp3) is 0.286. The summed E-state index contributed by atoms with van der Waals surface area (Å²) < 4.78 is 0. The fourth-order valence-electron chi connectivity index (χ4n) is 3.22. The summed E-state index contributed by atoms with van der Waals surface area (Å²) in [5.74, 6) is 2.64. The van der Waals surface area contributed by atoms with Crippen molar-refractivity contribution in [3.63, 3.8) is 0 Å². The van der Waals surface area contributed by atoms with E-state index in [0.717, 1.165) is 36.1 Å². The van der Waals surface area contributed by atoms with Crippen molar-refractivity contribution in [1.82, 2.24) is 15.0 Å².